The van der Waals surface area contributed by atoms with E-state index in [1.807, 2.05) is 42.7 Å². The number of hydrogen-bond acceptors (Lipinski definition) is 4. The topological polar surface area (TPSA) is 39.5 Å². The molecule has 0 N–H and O–H groups in total. The molecule has 2 aromatic carbocycles. The zero-order chi connectivity index (χ0) is 17.8. The van der Waals surface area contributed by atoms with Crippen molar-refractivity contribution < 1.29 is 9.47 Å². The SMILES string of the molecule is CN(Cc1nccn1Cc1ccccc1)CC1COc2ccccc2O1. The lowest BCUT2D eigenvalue weighted by Gasteiger charge is -2.29. The number of imidazole rings is 1. The molecule has 4 rings (SSSR count). The fraction of sp³-hybridized carbons (Fsp3) is 0.286. The highest BCUT2D eigenvalue weighted by molar-refractivity contribution is 5.40. The van der Waals surface area contributed by atoms with Crippen LogP contribution >= 0.6 is 0 Å². The Bertz CT molecular complexity index is 847. The molecule has 0 aliphatic carbocycles. The van der Waals surface area contributed by atoms with E-state index in [0.717, 1.165) is 37.0 Å². The van der Waals surface area contributed by atoms with Crippen molar-refractivity contribution in [2.45, 2.75) is 19.2 Å². The molecule has 0 spiro atoms. The van der Waals surface area contributed by atoms with Crippen LogP contribution in [0.1, 0.15) is 11.4 Å². The van der Waals surface area contributed by atoms with Crippen LogP contribution < -0.4 is 9.47 Å². The summed E-state index contributed by atoms with van der Waals surface area (Å²) < 4.78 is 14.0. The van der Waals surface area contributed by atoms with E-state index in [4.69, 9.17) is 9.47 Å². The summed E-state index contributed by atoms with van der Waals surface area (Å²) in [5.41, 5.74) is 1.27. The van der Waals surface area contributed by atoms with Crippen LogP contribution in [0.25, 0.3) is 0 Å². The number of para-hydroxylation sites is 2. The smallest absolute Gasteiger partial charge is 0.161 e. The Morgan fingerprint density at radius 2 is 1.85 bits per heavy atom. The van der Waals surface area contributed by atoms with E-state index >= 15 is 0 Å². The van der Waals surface area contributed by atoms with Gasteiger partial charge in [-0.25, -0.2) is 4.98 Å². The largest absolute Gasteiger partial charge is 0.486 e. The van der Waals surface area contributed by atoms with Crippen molar-refractivity contribution in [2.24, 2.45) is 0 Å². The molecule has 0 amide bonds. The maximum absolute atomic E-state index is 6.05. The number of likely N-dealkylation sites (N-methyl/N-ethyl adjacent to an activating group) is 1. The van der Waals surface area contributed by atoms with Gasteiger partial charge in [-0.2, -0.15) is 0 Å². The van der Waals surface area contributed by atoms with Gasteiger partial charge in [0.15, 0.2) is 11.5 Å². The molecule has 0 saturated carbocycles. The number of rotatable bonds is 6. The van der Waals surface area contributed by atoms with Gasteiger partial charge >= 0.3 is 0 Å². The van der Waals surface area contributed by atoms with Gasteiger partial charge < -0.3 is 14.0 Å². The zero-order valence-electron chi connectivity index (χ0n) is 14.9. The van der Waals surface area contributed by atoms with Crippen molar-refractivity contribution in [3.63, 3.8) is 0 Å². The fourth-order valence-electron chi connectivity index (χ4n) is 3.22. The van der Waals surface area contributed by atoms with Gasteiger partial charge in [-0.15, -0.1) is 0 Å². The van der Waals surface area contributed by atoms with E-state index in [0.29, 0.717) is 6.61 Å². The van der Waals surface area contributed by atoms with E-state index in [9.17, 15) is 0 Å². The van der Waals surface area contributed by atoms with E-state index in [2.05, 4.69) is 45.8 Å². The maximum Gasteiger partial charge on any atom is 0.161 e. The van der Waals surface area contributed by atoms with Gasteiger partial charge in [-0.05, 0) is 24.7 Å². The van der Waals surface area contributed by atoms with Crippen LogP contribution in [0.4, 0.5) is 0 Å². The maximum atomic E-state index is 6.05. The Balaban J connectivity index is 1.36. The van der Waals surface area contributed by atoms with E-state index in [1.54, 1.807) is 0 Å². The summed E-state index contributed by atoms with van der Waals surface area (Å²) in [5, 5.41) is 0. The van der Waals surface area contributed by atoms with Crippen LogP contribution in [0.5, 0.6) is 11.5 Å². The molecule has 1 aromatic heterocycles. The number of fused-ring (bicyclic) bond motifs is 1. The molecule has 2 heterocycles. The minimum absolute atomic E-state index is 0.0208. The predicted molar refractivity (Wildman–Crippen MR) is 100 cm³/mol. The Morgan fingerprint density at radius 1 is 1.08 bits per heavy atom. The summed E-state index contributed by atoms with van der Waals surface area (Å²) >= 11 is 0. The van der Waals surface area contributed by atoms with Crippen LogP contribution in [0, 0.1) is 0 Å². The van der Waals surface area contributed by atoms with Crippen LogP contribution in [0.15, 0.2) is 67.0 Å². The fourth-order valence-corrected chi connectivity index (χ4v) is 3.22. The van der Waals surface area contributed by atoms with Gasteiger partial charge in [-0.1, -0.05) is 42.5 Å². The average molecular weight is 349 g/mol. The molecular weight excluding hydrogens is 326 g/mol. The summed E-state index contributed by atoms with van der Waals surface area (Å²) in [6, 6.07) is 18.3. The standard InChI is InChI=1S/C21H23N3O2/c1-23(14-18-16-25-19-9-5-6-10-20(19)26-18)15-21-22-11-12-24(21)13-17-7-3-2-4-8-17/h2-12,18H,13-16H2,1H3. The highest BCUT2D eigenvalue weighted by Crippen LogP contribution is 2.31. The van der Waals surface area contributed by atoms with Gasteiger partial charge in [-0.3, -0.25) is 4.90 Å². The summed E-state index contributed by atoms with van der Waals surface area (Å²) in [6.07, 6.45) is 3.92. The first-order valence-electron chi connectivity index (χ1n) is 8.89. The molecule has 5 nitrogen and oxygen atoms in total. The summed E-state index contributed by atoms with van der Waals surface area (Å²) in [6.45, 7) is 2.95. The normalized spacial score (nSPS) is 16.0. The molecule has 0 saturated heterocycles. The minimum atomic E-state index is 0.0208. The number of nitrogens with zero attached hydrogens (tertiary/aromatic N) is 3. The lowest BCUT2D eigenvalue weighted by Crippen LogP contribution is -2.39. The molecule has 0 radical (unpaired) electrons. The van der Waals surface area contributed by atoms with Crippen molar-refractivity contribution >= 4 is 0 Å². The molecule has 134 valence electrons. The highest BCUT2D eigenvalue weighted by Gasteiger charge is 2.22. The first kappa shape index (κ1) is 16.7. The van der Waals surface area contributed by atoms with Crippen molar-refractivity contribution in [1.82, 2.24) is 14.5 Å². The monoisotopic (exact) mass is 349 g/mol. The molecule has 0 fully saturated rings. The quantitative estimate of drug-likeness (QED) is 0.685. The zero-order valence-corrected chi connectivity index (χ0v) is 14.9. The van der Waals surface area contributed by atoms with Crippen molar-refractivity contribution in [3.05, 3.63) is 78.4 Å². The summed E-state index contributed by atoms with van der Waals surface area (Å²) in [7, 11) is 2.09. The van der Waals surface area contributed by atoms with E-state index in [-0.39, 0.29) is 6.10 Å². The van der Waals surface area contributed by atoms with Crippen molar-refractivity contribution in [3.8, 4) is 11.5 Å². The molecule has 5 heteroatoms. The van der Waals surface area contributed by atoms with Gasteiger partial charge in [0.2, 0.25) is 0 Å². The second-order valence-electron chi connectivity index (χ2n) is 6.65. The molecule has 1 atom stereocenters. The number of benzene rings is 2. The summed E-state index contributed by atoms with van der Waals surface area (Å²) in [4.78, 5) is 6.76. The van der Waals surface area contributed by atoms with Crippen molar-refractivity contribution in [2.75, 3.05) is 20.2 Å². The van der Waals surface area contributed by atoms with Crippen LogP contribution in [0.3, 0.4) is 0 Å². The lowest BCUT2D eigenvalue weighted by molar-refractivity contribution is 0.0630. The third-order valence-electron chi connectivity index (χ3n) is 4.49. The van der Waals surface area contributed by atoms with Crippen LogP contribution in [-0.2, 0) is 13.1 Å². The van der Waals surface area contributed by atoms with E-state index in [1.165, 1.54) is 5.56 Å². The lowest BCUT2D eigenvalue weighted by atomic mass is 10.2. The van der Waals surface area contributed by atoms with E-state index < -0.39 is 0 Å². The number of aromatic nitrogens is 2. The Morgan fingerprint density at radius 3 is 2.69 bits per heavy atom. The van der Waals surface area contributed by atoms with Gasteiger partial charge in [0.1, 0.15) is 18.5 Å². The minimum Gasteiger partial charge on any atom is -0.486 e. The molecule has 26 heavy (non-hydrogen) atoms. The average Bonchev–Trinajstić information content (AvgIpc) is 3.09. The Kier molecular flexibility index (Phi) is 4.88. The molecule has 0 bridgehead atoms. The first-order chi connectivity index (χ1) is 12.8. The van der Waals surface area contributed by atoms with Crippen LogP contribution in [0.2, 0.25) is 0 Å². The molecule has 1 unspecified atom stereocenters. The van der Waals surface area contributed by atoms with Gasteiger partial charge in [0.25, 0.3) is 0 Å². The molecular formula is C21H23N3O2. The molecule has 1 aliphatic rings. The number of hydrogen-bond donors (Lipinski definition) is 0. The highest BCUT2D eigenvalue weighted by atomic mass is 16.6. The van der Waals surface area contributed by atoms with Crippen LogP contribution in [-0.4, -0.2) is 40.8 Å². The van der Waals surface area contributed by atoms with Gasteiger partial charge in [0, 0.05) is 25.5 Å². The number of ether oxygens (including phenoxy) is 2. The van der Waals surface area contributed by atoms with Crippen molar-refractivity contribution in [1.29, 1.82) is 0 Å². The third-order valence-corrected chi connectivity index (χ3v) is 4.49. The third kappa shape index (κ3) is 3.89. The molecule has 3 aromatic rings. The Labute approximate surface area is 153 Å². The Hall–Kier alpha value is -2.79. The first-order valence-corrected chi connectivity index (χ1v) is 8.89. The second-order valence-corrected chi connectivity index (χ2v) is 6.65. The predicted octanol–water partition coefficient (Wildman–Crippen LogP) is 3.20. The summed E-state index contributed by atoms with van der Waals surface area (Å²) in [5.74, 6) is 2.70. The van der Waals surface area contributed by atoms with Gasteiger partial charge in [0.05, 0.1) is 6.54 Å². The molecule has 1 aliphatic heterocycles. The second kappa shape index (κ2) is 7.62.